The van der Waals surface area contributed by atoms with Gasteiger partial charge in [0.15, 0.2) is 0 Å². The average molecular weight is 442 g/mol. The molecule has 2 aromatic rings. The van der Waals surface area contributed by atoms with Crippen LogP contribution in [0.1, 0.15) is 84.2 Å². The number of pyridine rings is 1. The molecule has 0 radical (unpaired) electrons. The van der Waals surface area contributed by atoms with Crippen molar-refractivity contribution in [3.8, 4) is 0 Å². The molecule has 1 aliphatic heterocycles. The van der Waals surface area contributed by atoms with E-state index in [0.29, 0.717) is 19.5 Å². The number of nitrogens with one attached hydrogen (secondary N) is 1. The Balaban J connectivity index is 1.61. The molecule has 0 spiro atoms. The highest BCUT2D eigenvalue weighted by Crippen LogP contribution is 2.29. The van der Waals surface area contributed by atoms with Crippen LogP contribution in [0, 0.1) is 0 Å². The van der Waals surface area contributed by atoms with Crippen molar-refractivity contribution in [3.63, 3.8) is 0 Å². The Labute approximate surface area is 187 Å². The van der Waals surface area contributed by atoms with Crippen molar-refractivity contribution in [1.82, 2.24) is 14.8 Å². The number of thiophene rings is 1. The van der Waals surface area contributed by atoms with E-state index in [1.165, 1.54) is 0 Å². The van der Waals surface area contributed by atoms with Gasteiger partial charge in [-0.3, -0.25) is 14.4 Å². The van der Waals surface area contributed by atoms with Gasteiger partial charge in [-0.2, -0.15) is 11.3 Å². The van der Waals surface area contributed by atoms with Crippen LogP contribution < -0.4 is 10.7 Å². The van der Waals surface area contributed by atoms with Crippen molar-refractivity contribution in [2.75, 3.05) is 13.1 Å². The van der Waals surface area contributed by atoms with E-state index in [2.05, 4.69) is 10.7 Å². The minimum Gasteiger partial charge on any atom is -0.349 e. The number of rotatable bonds is 6. The van der Waals surface area contributed by atoms with Gasteiger partial charge in [0.25, 0.3) is 11.8 Å². The predicted molar refractivity (Wildman–Crippen MR) is 123 cm³/mol. The molecule has 1 saturated heterocycles. The van der Waals surface area contributed by atoms with Crippen molar-refractivity contribution in [1.29, 1.82) is 0 Å². The third kappa shape index (κ3) is 5.09. The van der Waals surface area contributed by atoms with E-state index in [1.54, 1.807) is 28.6 Å². The summed E-state index contributed by atoms with van der Waals surface area (Å²) >= 11 is 1.63. The smallest absolute Gasteiger partial charge is 0.259 e. The molecule has 1 saturated carbocycles. The van der Waals surface area contributed by atoms with E-state index in [4.69, 9.17) is 0 Å². The number of likely N-dealkylation sites (tertiary alicyclic amines) is 1. The predicted octanol–water partition coefficient (Wildman–Crippen LogP) is 4.01. The van der Waals surface area contributed by atoms with Gasteiger partial charge in [0, 0.05) is 37.6 Å². The molecule has 166 valence electrons. The summed E-state index contributed by atoms with van der Waals surface area (Å²) in [5.74, 6) is -0.634. The zero-order valence-corrected chi connectivity index (χ0v) is 19.0. The summed E-state index contributed by atoms with van der Waals surface area (Å²) in [5, 5.41) is 7.04. The number of carbonyl (C=O) groups is 2. The van der Waals surface area contributed by atoms with E-state index in [-0.39, 0.29) is 29.1 Å². The molecule has 1 atom stereocenters. The van der Waals surface area contributed by atoms with Gasteiger partial charge in [-0.1, -0.05) is 12.8 Å². The normalized spacial score (nSPS) is 18.2. The molecule has 2 amide bonds. The Morgan fingerprint density at radius 1 is 1.10 bits per heavy atom. The lowest BCUT2D eigenvalue weighted by molar-refractivity contribution is 0.0722. The molecule has 1 aliphatic carbocycles. The highest BCUT2D eigenvalue weighted by atomic mass is 32.1. The van der Waals surface area contributed by atoms with Crippen LogP contribution in [-0.2, 0) is 6.42 Å². The van der Waals surface area contributed by atoms with E-state index in [9.17, 15) is 14.4 Å². The minimum atomic E-state index is -0.454. The van der Waals surface area contributed by atoms with Crippen LogP contribution in [0.25, 0.3) is 0 Å². The molecular formula is C24H31N3O3S. The van der Waals surface area contributed by atoms with Crippen LogP contribution in [0.4, 0.5) is 0 Å². The highest BCUT2D eigenvalue weighted by Gasteiger charge is 2.27. The van der Waals surface area contributed by atoms with Gasteiger partial charge in [0.2, 0.25) is 5.43 Å². The first-order valence-corrected chi connectivity index (χ1v) is 12.3. The summed E-state index contributed by atoms with van der Waals surface area (Å²) in [6.45, 7) is 3.29. The number of aromatic nitrogens is 1. The van der Waals surface area contributed by atoms with Crippen LogP contribution in [0.2, 0.25) is 0 Å². The van der Waals surface area contributed by atoms with Crippen LogP contribution in [0.15, 0.2) is 34.0 Å². The molecule has 31 heavy (non-hydrogen) atoms. The third-order valence-electron chi connectivity index (χ3n) is 6.41. The Hall–Kier alpha value is -2.41. The fourth-order valence-corrected chi connectivity index (χ4v) is 5.39. The number of hydrogen-bond donors (Lipinski definition) is 1. The fourth-order valence-electron chi connectivity index (χ4n) is 4.71. The van der Waals surface area contributed by atoms with E-state index < -0.39 is 11.3 Å². The monoisotopic (exact) mass is 441 g/mol. The SMILES string of the molecule is C[C@@H](Cc1ccsc1)NC(=O)c1cn(C2CCCC2)cc(C(=O)N2CCCCC2)c1=O. The van der Waals surface area contributed by atoms with Crippen LogP contribution in [-0.4, -0.2) is 40.4 Å². The van der Waals surface area contributed by atoms with E-state index in [1.807, 2.05) is 22.9 Å². The lowest BCUT2D eigenvalue weighted by Crippen LogP contribution is -2.41. The van der Waals surface area contributed by atoms with Gasteiger partial charge in [0.1, 0.15) is 11.1 Å². The number of hydrogen-bond acceptors (Lipinski definition) is 4. The first kappa shape index (κ1) is 21.8. The minimum absolute atomic E-state index is 0.0759. The van der Waals surface area contributed by atoms with Gasteiger partial charge < -0.3 is 14.8 Å². The topological polar surface area (TPSA) is 71.4 Å². The summed E-state index contributed by atoms with van der Waals surface area (Å²) in [6.07, 6.45) is 11.4. The highest BCUT2D eigenvalue weighted by molar-refractivity contribution is 7.07. The molecule has 3 heterocycles. The largest absolute Gasteiger partial charge is 0.349 e. The quantitative estimate of drug-likeness (QED) is 0.736. The molecular weight excluding hydrogens is 410 g/mol. The summed E-state index contributed by atoms with van der Waals surface area (Å²) in [5.41, 5.74) is 0.916. The van der Waals surface area contributed by atoms with Crippen molar-refractivity contribution < 1.29 is 9.59 Å². The average Bonchev–Trinajstić information content (AvgIpc) is 3.48. The first-order chi connectivity index (χ1) is 15.0. The van der Waals surface area contributed by atoms with Crippen molar-refractivity contribution in [2.24, 2.45) is 0 Å². The molecule has 2 aromatic heterocycles. The third-order valence-corrected chi connectivity index (χ3v) is 7.14. The zero-order valence-electron chi connectivity index (χ0n) is 18.1. The summed E-state index contributed by atoms with van der Waals surface area (Å²) in [4.78, 5) is 41.3. The molecule has 2 aliphatic rings. The Bertz CT molecular complexity index is 970. The number of carbonyl (C=O) groups excluding carboxylic acids is 2. The van der Waals surface area contributed by atoms with Crippen molar-refractivity contribution in [3.05, 3.63) is 56.1 Å². The first-order valence-electron chi connectivity index (χ1n) is 11.4. The molecule has 0 unspecified atom stereocenters. The van der Waals surface area contributed by atoms with Gasteiger partial charge >= 0.3 is 0 Å². The van der Waals surface area contributed by atoms with Crippen molar-refractivity contribution >= 4 is 23.2 Å². The molecule has 0 aromatic carbocycles. The second kappa shape index (κ2) is 9.81. The lowest BCUT2D eigenvalue weighted by atomic mass is 10.1. The molecule has 7 heteroatoms. The maximum Gasteiger partial charge on any atom is 0.259 e. The van der Waals surface area contributed by atoms with Gasteiger partial charge in [-0.25, -0.2) is 0 Å². The lowest BCUT2D eigenvalue weighted by Gasteiger charge is -2.27. The van der Waals surface area contributed by atoms with Crippen LogP contribution in [0.3, 0.4) is 0 Å². The molecule has 4 rings (SSSR count). The summed E-state index contributed by atoms with van der Waals surface area (Å²) in [7, 11) is 0. The Kier molecular flexibility index (Phi) is 6.90. The molecule has 2 fully saturated rings. The zero-order chi connectivity index (χ0) is 21.8. The van der Waals surface area contributed by atoms with Crippen LogP contribution >= 0.6 is 11.3 Å². The summed E-state index contributed by atoms with van der Waals surface area (Å²) in [6, 6.07) is 2.17. The van der Waals surface area contributed by atoms with Crippen LogP contribution in [0.5, 0.6) is 0 Å². The maximum absolute atomic E-state index is 13.2. The Morgan fingerprint density at radius 3 is 2.48 bits per heavy atom. The number of nitrogens with zero attached hydrogens (tertiary/aromatic N) is 2. The van der Waals surface area contributed by atoms with Crippen molar-refractivity contribution in [2.45, 2.75) is 70.4 Å². The van der Waals surface area contributed by atoms with E-state index in [0.717, 1.165) is 50.5 Å². The molecule has 0 bridgehead atoms. The Morgan fingerprint density at radius 2 is 1.81 bits per heavy atom. The van der Waals surface area contributed by atoms with Gasteiger partial charge in [0.05, 0.1) is 0 Å². The second-order valence-electron chi connectivity index (χ2n) is 8.86. The number of piperidine rings is 1. The van der Waals surface area contributed by atoms with Gasteiger partial charge in [-0.05, 0) is 67.8 Å². The molecule has 1 N–H and O–H groups in total. The van der Waals surface area contributed by atoms with Gasteiger partial charge in [-0.15, -0.1) is 0 Å². The second-order valence-corrected chi connectivity index (χ2v) is 9.64. The summed E-state index contributed by atoms with van der Waals surface area (Å²) < 4.78 is 1.95. The maximum atomic E-state index is 13.2. The van der Waals surface area contributed by atoms with E-state index >= 15 is 0 Å². The fraction of sp³-hybridized carbons (Fsp3) is 0.542. The molecule has 6 nitrogen and oxygen atoms in total. The standard InChI is InChI=1S/C24H31N3O3S/c1-17(13-18-9-12-31-16-18)25-23(29)20-14-27(19-7-3-4-8-19)15-21(22(20)28)24(30)26-10-5-2-6-11-26/h9,12,14-17,19H,2-8,10-11,13H2,1H3,(H,25,29)/t17-/m0/s1. The number of amides is 2.